The lowest BCUT2D eigenvalue weighted by Crippen LogP contribution is -2.33. The Labute approximate surface area is 52.1 Å². The summed E-state index contributed by atoms with van der Waals surface area (Å²) in [7, 11) is 1.32. The minimum absolute atomic E-state index is 0.484. The molecule has 0 aromatic rings. The van der Waals surface area contributed by atoms with Gasteiger partial charge in [-0.05, 0) is 5.92 Å². The quantitative estimate of drug-likeness (QED) is 0.534. The van der Waals surface area contributed by atoms with Crippen molar-refractivity contribution in [2.75, 3.05) is 25.1 Å². The fourth-order valence-electron chi connectivity index (χ4n) is 0.841. The molecule has 0 aromatic heterocycles. The van der Waals surface area contributed by atoms with Crippen LogP contribution in [0.4, 0.5) is 0 Å². The summed E-state index contributed by atoms with van der Waals surface area (Å²) in [6, 6.07) is 0. The number of hydrogen-bond donors (Lipinski definition) is 0. The van der Waals surface area contributed by atoms with Gasteiger partial charge < -0.3 is 5.32 Å². The zero-order chi connectivity index (χ0) is 5.98. The molecule has 0 spiro atoms. The molecular formula is C5H10NOS-. The molecule has 1 saturated heterocycles. The van der Waals surface area contributed by atoms with Gasteiger partial charge in [-0.1, -0.05) is 0 Å². The van der Waals surface area contributed by atoms with Crippen molar-refractivity contribution in [3.63, 3.8) is 0 Å². The molecular weight excluding hydrogens is 122 g/mol. The molecule has 2 nitrogen and oxygen atoms in total. The van der Waals surface area contributed by atoms with E-state index >= 15 is 0 Å². The van der Waals surface area contributed by atoms with Crippen LogP contribution in [0, 0.1) is 5.92 Å². The average molecular weight is 132 g/mol. The highest BCUT2D eigenvalue weighted by Gasteiger charge is 2.20. The van der Waals surface area contributed by atoms with Gasteiger partial charge in [-0.2, -0.15) is 7.05 Å². The second kappa shape index (κ2) is 2.60. The SMILES string of the molecule is C[N-]CC1CS(=O)C1. The van der Waals surface area contributed by atoms with Crippen molar-refractivity contribution < 1.29 is 4.21 Å². The minimum Gasteiger partial charge on any atom is -0.665 e. The van der Waals surface area contributed by atoms with E-state index < -0.39 is 10.8 Å². The Morgan fingerprint density at radius 1 is 1.75 bits per heavy atom. The molecule has 1 aliphatic heterocycles. The first kappa shape index (κ1) is 6.23. The van der Waals surface area contributed by atoms with Crippen LogP contribution in [0.5, 0.6) is 0 Å². The molecule has 1 heterocycles. The van der Waals surface area contributed by atoms with Gasteiger partial charge >= 0.3 is 0 Å². The van der Waals surface area contributed by atoms with Gasteiger partial charge in [0.25, 0.3) is 0 Å². The molecule has 0 aromatic carbocycles. The van der Waals surface area contributed by atoms with E-state index in [-0.39, 0.29) is 0 Å². The Kier molecular flexibility index (Phi) is 2.02. The largest absolute Gasteiger partial charge is 0.665 e. The maximum atomic E-state index is 10.5. The van der Waals surface area contributed by atoms with Crippen molar-refractivity contribution in [2.24, 2.45) is 5.92 Å². The van der Waals surface area contributed by atoms with Crippen molar-refractivity contribution in [1.82, 2.24) is 0 Å². The summed E-state index contributed by atoms with van der Waals surface area (Å²) >= 11 is 0. The summed E-state index contributed by atoms with van der Waals surface area (Å²) < 4.78 is 10.5. The first-order valence-corrected chi connectivity index (χ1v) is 4.22. The van der Waals surface area contributed by atoms with Crippen molar-refractivity contribution in [3.8, 4) is 0 Å². The highest BCUT2D eigenvalue weighted by atomic mass is 32.2. The van der Waals surface area contributed by atoms with Crippen LogP contribution in [-0.4, -0.2) is 29.3 Å². The lowest BCUT2D eigenvalue weighted by molar-refractivity contribution is 0.610. The fourth-order valence-corrected chi connectivity index (χ4v) is 2.01. The third-order valence-electron chi connectivity index (χ3n) is 1.28. The Balaban J connectivity index is 2.06. The molecule has 0 bridgehead atoms. The van der Waals surface area contributed by atoms with Crippen molar-refractivity contribution in [3.05, 3.63) is 5.32 Å². The Bertz CT molecular complexity index is 96.6. The van der Waals surface area contributed by atoms with Crippen molar-refractivity contribution >= 4 is 10.8 Å². The van der Waals surface area contributed by atoms with E-state index in [4.69, 9.17) is 0 Å². The van der Waals surface area contributed by atoms with Gasteiger partial charge in [-0.15, -0.1) is 6.54 Å². The second-order valence-corrected chi connectivity index (χ2v) is 3.68. The zero-order valence-corrected chi connectivity index (χ0v) is 5.78. The molecule has 0 aliphatic carbocycles. The van der Waals surface area contributed by atoms with Gasteiger partial charge in [0, 0.05) is 22.3 Å². The topological polar surface area (TPSA) is 31.2 Å². The van der Waals surface area contributed by atoms with Crippen LogP contribution >= 0.6 is 0 Å². The molecule has 0 unspecified atom stereocenters. The van der Waals surface area contributed by atoms with Crippen LogP contribution in [0.2, 0.25) is 0 Å². The van der Waals surface area contributed by atoms with Gasteiger partial charge in [0.2, 0.25) is 0 Å². The predicted octanol–water partition coefficient (Wildman–Crippen LogP) is 0.368. The molecule has 0 amide bonds. The van der Waals surface area contributed by atoms with Crippen LogP contribution < -0.4 is 0 Å². The molecule has 0 atom stereocenters. The Hall–Kier alpha value is 0.110. The van der Waals surface area contributed by atoms with E-state index in [0.717, 1.165) is 18.1 Å². The summed E-state index contributed by atoms with van der Waals surface area (Å²) in [6.45, 7) is 0.908. The van der Waals surface area contributed by atoms with E-state index in [1.807, 2.05) is 0 Å². The number of nitrogens with zero attached hydrogens (tertiary/aromatic N) is 1. The standard InChI is InChI=1S/C5H10NOS/c1-6-2-5-3-8(7)4-5/h5H,2-4H2,1H3/q-1. The van der Waals surface area contributed by atoms with Gasteiger partial charge in [0.1, 0.15) is 0 Å². The Morgan fingerprint density at radius 3 is 2.75 bits per heavy atom. The summed E-state index contributed by atoms with van der Waals surface area (Å²) in [5.41, 5.74) is 0. The van der Waals surface area contributed by atoms with E-state index in [1.54, 1.807) is 7.05 Å². The summed E-state index contributed by atoms with van der Waals surface area (Å²) in [5.74, 6) is 2.41. The lowest BCUT2D eigenvalue weighted by Gasteiger charge is -2.29. The van der Waals surface area contributed by atoms with Crippen LogP contribution in [0.15, 0.2) is 0 Å². The van der Waals surface area contributed by atoms with Crippen LogP contribution in [0.3, 0.4) is 0 Å². The van der Waals surface area contributed by atoms with Gasteiger partial charge in [0.15, 0.2) is 0 Å². The van der Waals surface area contributed by atoms with E-state index in [9.17, 15) is 4.21 Å². The molecule has 1 fully saturated rings. The normalized spacial score (nSPS) is 36.6. The van der Waals surface area contributed by atoms with Gasteiger partial charge in [-0.3, -0.25) is 4.21 Å². The first-order valence-electron chi connectivity index (χ1n) is 2.73. The smallest absolute Gasteiger partial charge is 0.0255 e. The molecule has 1 rings (SSSR count). The molecule has 1 aliphatic rings. The van der Waals surface area contributed by atoms with E-state index in [2.05, 4.69) is 5.32 Å². The number of rotatable bonds is 2. The van der Waals surface area contributed by atoms with Gasteiger partial charge in [-0.25, -0.2) is 0 Å². The maximum absolute atomic E-state index is 10.5. The summed E-state index contributed by atoms with van der Waals surface area (Å²) in [5, 5.41) is 3.96. The highest BCUT2D eigenvalue weighted by Crippen LogP contribution is 2.14. The zero-order valence-electron chi connectivity index (χ0n) is 4.96. The number of hydrogen-bond acceptors (Lipinski definition) is 1. The second-order valence-electron chi connectivity index (χ2n) is 2.14. The molecule has 3 heteroatoms. The van der Waals surface area contributed by atoms with Crippen molar-refractivity contribution in [2.45, 2.75) is 0 Å². The summed E-state index contributed by atoms with van der Waals surface area (Å²) in [4.78, 5) is 0. The minimum atomic E-state index is -0.484. The van der Waals surface area contributed by atoms with E-state index in [0.29, 0.717) is 5.92 Å². The molecule has 0 radical (unpaired) electrons. The monoisotopic (exact) mass is 132 g/mol. The summed E-state index contributed by atoms with van der Waals surface area (Å²) in [6.07, 6.45) is 0. The third kappa shape index (κ3) is 1.29. The molecule has 8 heavy (non-hydrogen) atoms. The van der Waals surface area contributed by atoms with Crippen LogP contribution in [0.1, 0.15) is 0 Å². The third-order valence-corrected chi connectivity index (χ3v) is 2.97. The Morgan fingerprint density at radius 2 is 2.38 bits per heavy atom. The van der Waals surface area contributed by atoms with Crippen LogP contribution in [0.25, 0.3) is 5.32 Å². The van der Waals surface area contributed by atoms with E-state index in [1.165, 1.54) is 0 Å². The predicted molar refractivity (Wildman–Crippen MR) is 35.5 cm³/mol. The molecule has 0 saturated carbocycles. The lowest BCUT2D eigenvalue weighted by atomic mass is 10.2. The highest BCUT2D eigenvalue weighted by molar-refractivity contribution is 7.86. The maximum Gasteiger partial charge on any atom is 0.0255 e. The molecule has 48 valence electrons. The molecule has 0 N–H and O–H groups in total. The average Bonchev–Trinajstić information content (AvgIpc) is 1.64. The van der Waals surface area contributed by atoms with Gasteiger partial charge in [0.05, 0.1) is 0 Å². The fraction of sp³-hybridized carbons (Fsp3) is 1.00. The van der Waals surface area contributed by atoms with Crippen LogP contribution in [-0.2, 0) is 10.8 Å². The first-order chi connectivity index (χ1) is 3.83. The van der Waals surface area contributed by atoms with Crippen molar-refractivity contribution in [1.29, 1.82) is 0 Å².